The van der Waals surface area contributed by atoms with E-state index >= 15 is 0 Å². The molecule has 0 N–H and O–H groups in total. The third-order valence-electron chi connectivity index (χ3n) is 5.34. The maximum atomic E-state index is 13.2. The molecular weight excluding hydrogens is 458 g/mol. The van der Waals surface area contributed by atoms with Gasteiger partial charge in [0.05, 0.1) is 15.1 Å². The van der Waals surface area contributed by atoms with Crippen LogP contribution in [0.25, 0.3) is 10.2 Å². The first-order valence-corrected chi connectivity index (χ1v) is 12.6. The van der Waals surface area contributed by atoms with E-state index in [0.717, 1.165) is 23.3 Å². The second-order valence-electron chi connectivity index (χ2n) is 7.35. The van der Waals surface area contributed by atoms with Crippen molar-refractivity contribution in [3.05, 3.63) is 62.7 Å². The van der Waals surface area contributed by atoms with Gasteiger partial charge in [0.25, 0.3) is 5.91 Å². The molecule has 1 aliphatic rings. The number of aryl methyl sites for hydroxylation is 1. The fourth-order valence-electron chi connectivity index (χ4n) is 3.70. The largest absolute Gasteiger partial charge is 0.336 e. The zero-order chi connectivity index (χ0) is 22.2. The van der Waals surface area contributed by atoms with E-state index in [4.69, 9.17) is 11.6 Å². The number of carbonyl (C=O) groups excluding carboxylic acids is 1. The Balaban J connectivity index is 1.50. The lowest BCUT2D eigenvalue weighted by atomic mass is 10.2. The number of carbonyl (C=O) groups is 1. The van der Waals surface area contributed by atoms with Crippen LogP contribution in [0.1, 0.15) is 23.7 Å². The van der Waals surface area contributed by atoms with Crippen LogP contribution in [-0.4, -0.2) is 54.3 Å². The van der Waals surface area contributed by atoms with Crippen LogP contribution in [0.2, 0.25) is 5.02 Å². The highest BCUT2D eigenvalue weighted by Gasteiger charge is 2.31. The summed E-state index contributed by atoms with van der Waals surface area (Å²) in [6.45, 7) is 3.65. The van der Waals surface area contributed by atoms with Crippen molar-refractivity contribution in [2.45, 2.75) is 24.8 Å². The molecule has 4 rings (SSSR count). The molecule has 1 saturated heterocycles. The molecule has 0 saturated carbocycles. The monoisotopic (exact) mass is 479 g/mol. The molecule has 10 heteroatoms. The lowest BCUT2D eigenvalue weighted by Crippen LogP contribution is -2.50. The first-order valence-electron chi connectivity index (χ1n) is 9.99. The SMILES string of the molecule is CCCn1c(=O)sc2cc(S(=O)(=O)N3CCN(C(=O)c4ccc(Cl)cc4)CC3)ccc21. The third-order valence-corrected chi connectivity index (χ3v) is 8.43. The number of benzene rings is 2. The molecule has 0 aliphatic carbocycles. The van der Waals surface area contributed by atoms with E-state index in [1.807, 2.05) is 6.92 Å². The normalized spacial score (nSPS) is 15.5. The standard InChI is InChI=1S/C21H22ClN3O4S2/c1-2-9-25-18-8-7-17(14-19(18)30-21(25)27)31(28,29)24-12-10-23(11-13-24)20(26)15-3-5-16(22)6-4-15/h3-8,14H,2,9-13H2,1H3. The molecule has 164 valence electrons. The number of aromatic nitrogens is 1. The molecule has 2 aromatic carbocycles. The van der Waals surface area contributed by atoms with Gasteiger partial charge >= 0.3 is 4.87 Å². The topological polar surface area (TPSA) is 79.7 Å². The maximum absolute atomic E-state index is 13.2. The summed E-state index contributed by atoms with van der Waals surface area (Å²) >= 11 is 6.94. The van der Waals surface area contributed by atoms with Crippen LogP contribution in [-0.2, 0) is 16.6 Å². The Bertz CT molecular complexity index is 1270. The van der Waals surface area contributed by atoms with E-state index in [1.165, 1.54) is 4.31 Å². The Labute approximate surface area is 189 Å². The Morgan fingerprint density at radius 3 is 2.39 bits per heavy atom. The molecule has 7 nitrogen and oxygen atoms in total. The van der Waals surface area contributed by atoms with Crippen LogP contribution in [0.4, 0.5) is 0 Å². The van der Waals surface area contributed by atoms with E-state index in [2.05, 4.69) is 0 Å². The van der Waals surface area contributed by atoms with Gasteiger partial charge in [0.1, 0.15) is 0 Å². The van der Waals surface area contributed by atoms with Crippen molar-refractivity contribution in [2.75, 3.05) is 26.2 Å². The minimum atomic E-state index is -3.72. The van der Waals surface area contributed by atoms with Crippen molar-refractivity contribution in [1.82, 2.24) is 13.8 Å². The molecule has 0 bridgehead atoms. The van der Waals surface area contributed by atoms with Crippen LogP contribution in [0.15, 0.2) is 52.2 Å². The molecular formula is C21H22ClN3O4S2. The number of sulfonamides is 1. The van der Waals surface area contributed by atoms with E-state index < -0.39 is 10.0 Å². The van der Waals surface area contributed by atoms with Crippen molar-refractivity contribution < 1.29 is 13.2 Å². The number of fused-ring (bicyclic) bond motifs is 1. The molecule has 3 aromatic rings. The first-order chi connectivity index (χ1) is 14.8. The quantitative estimate of drug-likeness (QED) is 0.562. The number of hydrogen-bond acceptors (Lipinski definition) is 5. The predicted octanol–water partition coefficient (Wildman–Crippen LogP) is 3.27. The fraction of sp³-hybridized carbons (Fsp3) is 0.333. The summed E-state index contributed by atoms with van der Waals surface area (Å²) in [4.78, 5) is 26.6. The van der Waals surface area contributed by atoms with Gasteiger partial charge in [0, 0.05) is 43.3 Å². The van der Waals surface area contributed by atoms with Gasteiger partial charge in [-0.05, 0) is 48.9 Å². The molecule has 0 unspecified atom stereocenters. The number of amides is 1. The first kappa shape index (κ1) is 22.0. The van der Waals surface area contributed by atoms with Crippen LogP contribution in [0, 0.1) is 0 Å². The summed E-state index contributed by atoms with van der Waals surface area (Å²) in [5, 5.41) is 0.555. The van der Waals surface area contributed by atoms with Gasteiger partial charge in [0.2, 0.25) is 10.0 Å². The summed E-state index contributed by atoms with van der Waals surface area (Å²) in [7, 11) is -3.72. The van der Waals surface area contributed by atoms with E-state index in [-0.39, 0.29) is 28.8 Å². The molecule has 1 amide bonds. The van der Waals surface area contributed by atoms with Crippen molar-refractivity contribution in [1.29, 1.82) is 0 Å². The van der Waals surface area contributed by atoms with Gasteiger partial charge in [-0.25, -0.2) is 8.42 Å². The predicted molar refractivity (Wildman–Crippen MR) is 122 cm³/mol. The molecule has 2 heterocycles. The van der Waals surface area contributed by atoms with Gasteiger partial charge in [-0.15, -0.1) is 0 Å². The second-order valence-corrected chi connectivity index (χ2v) is 10.7. The molecule has 1 fully saturated rings. The number of piperazine rings is 1. The molecule has 1 aliphatic heterocycles. The van der Waals surface area contributed by atoms with E-state index in [9.17, 15) is 18.0 Å². The number of hydrogen-bond donors (Lipinski definition) is 0. The summed E-state index contributed by atoms with van der Waals surface area (Å²) < 4.78 is 30.1. The van der Waals surface area contributed by atoms with Crippen LogP contribution in [0.3, 0.4) is 0 Å². The summed E-state index contributed by atoms with van der Waals surface area (Å²) in [6, 6.07) is 11.5. The maximum Gasteiger partial charge on any atom is 0.308 e. The minimum Gasteiger partial charge on any atom is -0.336 e. The lowest BCUT2D eigenvalue weighted by Gasteiger charge is -2.34. The fourth-order valence-corrected chi connectivity index (χ4v) is 6.30. The van der Waals surface area contributed by atoms with Gasteiger partial charge in [-0.2, -0.15) is 4.31 Å². The number of nitrogens with zero attached hydrogens (tertiary/aromatic N) is 3. The van der Waals surface area contributed by atoms with E-state index in [1.54, 1.807) is 51.9 Å². The Morgan fingerprint density at radius 2 is 1.74 bits per heavy atom. The van der Waals surface area contributed by atoms with Crippen molar-refractivity contribution in [3.63, 3.8) is 0 Å². The van der Waals surface area contributed by atoms with Crippen LogP contribution < -0.4 is 4.87 Å². The Morgan fingerprint density at radius 1 is 1.06 bits per heavy atom. The molecule has 0 radical (unpaired) electrons. The van der Waals surface area contributed by atoms with Gasteiger partial charge in [-0.1, -0.05) is 29.9 Å². The highest BCUT2D eigenvalue weighted by atomic mass is 35.5. The van der Waals surface area contributed by atoms with Gasteiger partial charge < -0.3 is 4.90 Å². The van der Waals surface area contributed by atoms with E-state index in [0.29, 0.717) is 34.9 Å². The highest BCUT2D eigenvalue weighted by Crippen LogP contribution is 2.25. The minimum absolute atomic E-state index is 0.0827. The number of thiazole rings is 1. The van der Waals surface area contributed by atoms with Crippen molar-refractivity contribution in [3.8, 4) is 0 Å². The second kappa shape index (κ2) is 8.74. The molecule has 0 atom stereocenters. The summed E-state index contributed by atoms with van der Waals surface area (Å²) in [6.07, 6.45) is 0.824. The summed E-state index contributed by atoms with van der Waals surface area (Å²) in [5.74, 6) is -0.142. The zero-order valence-corrected chi connectivity index (χ0v) is 19.3. The Hall–Kier alpha value is -2.20. The molecule has 31 heavy (non-hydrogen) atoms. The third kappa shape index (κ3) is 4.27. The molecule has 0 spiro atoms. The molecule has 1 aromatic heterocycles. The Kier molecular flexibility index (Phi) is 6.20. The highest BCUT2D eigenvalue weighted by molar-refractivity contribution is 7.89. The average Bonchev–Trinajstić information content (AvgIpc) is 3.08. The average molecular weight is 480 g/mol. The van der Waals surface area contributed by atoms with Crippen molar-refractivity contribution in [2.24, 2.45) is 0 Å². The zero-order valence-electron chi connectivity index (χ0n) is 17.0. The van der Waals surface area contributed by atoms with Crippen LogP contribution in [0.5, 0.6) is 0 Å². The van der Waals surface area contributed by atoms with Gasteiger partial charge in [-0.3, -0.25) is 14.2 Å². The van der Waals surface area contributed by atoms with Crippen LogP contribution >= 0.6 is 22.9 Å². The summed E-state index contributed by atoms with van der Waals surface area (Å²) in [5.41, 5.74) is 1.28. The lowest BCUT2D eigenvalue weighted by molar-refractivity contribution is 0.0698. The number of halogens is 1. The smallest absolute Gasteiger partial charge is 0.308 e. The van der Waals surface area contributed by atoms with Crippen molar-refractivity contribution >= 4 is 49.1 Å². The van der Waals surface area contributed by atoms with Gasteiger partial charge in [0.15, 0.2) is 0 Å². The number of rotatable bonds is 5.